The molecule has 2 N–H and O–H groups in total. The van der Waals surface area contributed by atoms with E-state index in [1.165, 1.54) is 36.8 Å². The van der Waals surface area contributed by atoms with Crippen LogP contribution in [-0.2, 0) is 13.1 Å². The summed E-state index contributed by atoms with van der Waals surface area (Å²) < 4.78 is 5.29. The van der Waals surface area contributed by atoms with Crippen LogP contribution < -0.4 is 10.5 Å². The predicted octanol–water partition coefficient (Wildman–Crippen LogP) is 5.12. The zero-order chi connectivity index (χ0) is 19.1. The summed E-state index contributed by atoms with van der Waals surface area (Å²) >= 11 is 6.20. The summed E-state index contributed by atoms with van der Waals surface area (Å²) in [5, 5.41) is 0.806. The van der Waals surface area contributed by atoms with E-state index in [4.69, 9.17) is 22.1 Å². The summed E-state index contributed by atoms with van der Waals surface area (Å²) in [6, 6.07) is 16.6. The molecule has 0 aromatic heterocycles. The third-order valence-corrected chi connectivity index (χ3v) is 5.91. The largest absolute Gasteiger partial charge is 0.497 e. The van der Waals surface area contributed by atoms with Gasteiger partial charge in [0.05, 0.1) is 7.11 Å². The van der Waals surface area contributed by atoms with Gasteiger partial charge in [0.15, 0.2) is 0 Å². The first-order chi connectivity index (χ1) is 13.2. The summed E-state index contributed by atoms with van der Waals surface area (Å²) in [5.74, 6) is 2.38. The van der Waals surface area contributed by atoms with Gasteiger partial charge in [0.25, 0.3) is 0 Å². The first kappa shape index (κ1) is 20.2. The average molecular weight is 387 g/mol. The first-order valence-electron chi connectivity index (χ1n) is 9.96. The van der Waals surface area contributed by atoms with Gasteiger partial charge in [-0.1, -0.05) is 35.9 Å². The Labute approximate surface area is 168 Å². The van der Waals surface area contributed by atoms with Crippen molar-refractivity contribution in [2.24, 2.45) is 17.6 Å². The van der Waals surface area contributed by atoms with Crippen LogP contribution in [0.15, 0.2) is 48.5 Å². The van der Waals surface area contributed by atoms with Crippen LogP contribution in [0.3, 0.4) is 0 Å². The molecule has 0 radical (unpaired) electrons. The normalized spacial score (nSPS) is 20.0. The SMILES string of the molecule is COc1ccc(CN(Cc2cccc(Cl)c2)CC2CCC(CN)CC2)cc1. The second-order valence-corrected chi connectivity index (χ2v) is 8.21. The van der Waals surface area contributed by atoms with E-state index in [0.717, 1.165) is 48.8 Å². The molecular weight excluding hydrogens is 356 g/mol. The average Bonchev–Trinajstić information content (AvgIpc) is 2.69. The van der Waals surface area contributed by atoms with Gasteiger partial charge in [-0.2, -0.15) is 0 Å². The van der Waals surface area contributed by atoms with Gasteiger partial charge < -0.3 is 10.5 Å². The maximum atomic E-state index is 6.20. The minimum atomic E-state index is 0.726. The molecular formula is C23H31ClN2O. The molecule has 0 unspecified atom stereocenters. The molecule has 0 bridgehead atoms. The third-order valence-electron chi connectivity index (χ3n) is 5.68. The quantitative estimate of drug-likeness (QED) is 0.684. The number of methoxy groups -OCH3 is 1. The summed E-state index contributed by atoms with van der Waals surface area (Å²) in [6.45, 7) is 3.82. The molecule has 1 saturated carbocycles. The second-order valence-electron chi connectivity index (χ2n) is 7.77. The van der Waals surface area contributed by atoms with E-state index >= 15 is 0 Å². The van der Waals surface area contributed by atoms with Crippen LogP contribution in [0.25, 0.3) is 0 Å². The minimum absolute atomic E-state index is 0.726. The highest BCUT2D eigenvalue weighted by molar-refractivity contribution is 6.30. The fourth-order valence-electron chi connectivity index (χ4n) is 4.08. The lowest BCUT2D eigenvalue weighted by molar-refractivity contribution is 0.170. The topological polar surface area (TPSA) is 38.5 Å². The van der Waals surface area contributed by atoms with Gasteiger partial charge in [0, 0.05) is 24.7 Å². The van der Waals surface area contributed by atoms with Crippen molar-refractivity contribution in [1.82, 2.24) is 4.90 Å². The molecule has 3 rings (SSSR count). The number of halogens is 1. The molecule has 2 aromatic carbocycles. The van der Waals surface area contributed by atoms with Crippen molar-refractivity contribution < 1.29 is 4.74 Å². The Balaban J connectivity index is 1.67. The number of nitrogens with two attached hydrogens (primary N) is 1. The fraction of sp³-hybridized carbons (Fsp3) is 0.478. The second kappa shape index (κ2) is 10.1. The number of hydrogen-bond donors (Lipinski definition) is 1. The molecule has 0 atom stereocenters. The van der Waals surface area contributed by atoms with E-state index < -0.39 is 0 Å². The van der Waals surface area contributed by atoms with E-state index in [1.807, 2.05) is 24.3 Å². The molecule has 146 valence electrons. The molecule has 1 aliphatic rings. The van der Waals surface area contributed by atoms with Gasteiger partial charge in [0.2, 0.25) is 0 Å². The van der Waals surface area contributed by atoms with Crippen molar-refractivity contribution in [3.63, 3.8) is 0 Å². The van der Waals surface area contributed by atoms with Crippen molar-refractivity contribution in [3.8, 4) is 5.75 Å². The molecule has 4 heteroatoms. The number of rotatable bonds is 8. The van der Waals surface area contributed by atoms with Crippen LogP contribution in [0.2, 0.25) is 5.02 Å². The first-order valence-corrected chi connectivity index (χ1v) is 10.3. The Morgan fingerprint density at radius 3 is 2.26 bits per heavy atom. The zero-order valence-corrected chi connectivity index (χ0v) is 17.0. The Hall–Kier alpha value is -1.55. The van der Waals surface area contributed by atoms with Crippen LogP contribution in [-0.4, -0.2) is 25.1 Å². The van der Waals surface area contributed by atoms with Gasteiger partial charge in [-0.3, -0.25) is 4.90 Å². The van der Waals surface area contributed by atoms with Crippen molar-refractivity contribution in [3.05, 3.63) is 64.7 Å². The molecule has 1 aliphatic carbocycles. The van der Waals surface area contributed by atoms with Crippen LogP contribution in [0.1, 0.15) is 36.8 Å². The highest BCUT2D eigenvalue weighted by Crippen LogP contribution is 2.29. The van der Waals surface area contributed by atoms with Crippen molar-refractivity contribution >= 4 is 11.6 Å². The highest BCUT2D eigenvalue weighted by atomic mass is 35.5. The summed E-state index contributed by atoms with van der Waals surface area (Å²) in [7, 11) is 1.71. The van der Waals surface area contributed by atoms with E-state index in [-0.39, 0.29) is 0 Å². The lowest BCUT2D eigenvalue weighted by atomic mass is 9.82. The maximum Gasteiger partial charge on any atom is 0.118 e. The predicted molar refractivity (Wildman–Crippen MR) is 113 cm³/mol. The molecule has 2 aromatic rings. The molecule has 0 heterocycles. The van der Waals surface area contributed by atoms with Gasteiger partial charge >= 0.3 is 0 Å². The summed E-state index contributed by atoms with van der Waals surface area (Å²) in [6.07, 6.45) is 5.12. The van der Waals surface area contributed by atoms with Crippen LogP contribution >= 0.6 is 11.6 Å². The van der Waals surface area contributed by atoms with Crippen LogP contribution in [0.4, 0.5) is 0 Å². The van der Waals surface area contributed by atoms with E-state index in [9.17, 15) is 0 Å². The Morgan fingerprint density at radius 2 is 1.63 bits per heavy atom. The highest BCUT2D eigenvalue weighted by Gasteiger charge is 2.22. The van der Waals surface area contributed by atoms with E-state index in [0.29, 0.717) is 0 Å². The molecule has 0 saturated heterocycles. The maximum absolute atomic E-state index is 6.20. The minimum Gasteiger partial charge on any atom is -0.497 e. The third kappa shape index (κ3) is 6.24. The Kier molecular flexibility index (Phi) is 7.57. The fourth-order valence-corrected chi connectivity index (χ4v) is 4.30. The number of nitrogens with zero attached hydrogens (tertiary/aromatic N) is 1. The van der Waals surface area contributed by atoms with Crippen LogP contribution in [0.5, 0.6) is 5.75 Å². The lowest BCUT2D eigenvalue weighted by Gasteiger charge is -2.32. The van der Waals surface area contributed by atoms with E-state index in [1.54, 1.807) is 7.11 Å². The summed E-state index contributed by atoms with van der Waals surface area (Å²) in [5.41, 5.74) is 8.44. The molecule has 0 amide bonds. The molecule has 1 fully saturated rings. The standard InChI is InChI=1S/C23H31ClN2O/c1-27-23-11-9-20(10-12-23)16-26(17-21-3-2-4-22(24)13-21)15-19-7-5-18(14-25)6-8-19/h2-4,9-13,18-19H,5-8,14-17,25H2,1H3. The van der Waals surface area contributed by atoms with Crippen molar-refractivity contribution in [2.45, 2.75) is 38.8 Å². The number of ether oxygens (including phenoxy) is 1. The zero-order valence-electron chi connectivity index (χ0n) is 16.2. The van der Waals surface area contributed by atoms with Gasteiger partial charge in [-0.15, -0.1) is 0 Å². The smallest absolute Gasteiger partial charge is 0.118 e. The lowest BCUT2D eigenvalue weighted by Crippen LogP contribution is -2.32. The van der Waals surface area contributed by atoms with Gasteiger partial charge in [0.1, 0.15) is 5.75 Å². The van der Waals surface area contributed by atoms with Crippen molar-refractivity contribution in [2.75, 3.05) is 20.2 Å². The number of hydrogen-bond acceptors (Lipinski definition) is 3. The Bertz CT molecular complexity index is 696. The molecule has 3 nitrogen and oxygen atoms in total. The molecule has 0 aliphatic heterocycles. The molecule has 0 spiro atoms. The Morgan fingerprint density at radius 1 is 0.963 bits per heavy atom. The van der Waals surface area contributed by atoms with Crippen LogP contribution in [0, 0.1) is 11.8 Å². The van der Waals surface area contributed by atoms with Crippen molar-refractivity contribution in [1.29, 1.82) is 0 Å². The monoisotopic (exact) mass is 386 g/mol. The number of benzene rings is 2. The molecule has 27 heavy (non-hydrogen) atoms. The van der Waals surface area contributed by atoms with E-state index in [2.05, 4.69) is 29.2 Å². The van der Waals surface area contributed by atoms with Gasteiger partial charge in [-0.25, -0.2) is 0 Å². The van der Waals surface area contributed by atoms with Gasteiger partial charge in [-0.05, 0) is 79.5 Å². The summed E-state index contributed by atoms with van der Waals surface area (Å²) in [4.78, 5) is 2.56.